The minimum Gasteiger partial charge on any atom is -0.368 e. The number of hydrazine groups is 2. The Labute approximate surface area is 181 Å². The van der Waals surface area contributed by atoms with Crippen LogP contribution in [0.15, 0.2) is 65.2 Å². The summed E-state index contributed by atoms with van der Waals surface area (Å²) in [6, 6.07) is 5.30. The van der Waals surface area contributed by atoms with E-state index in [-0.39, 0.29) is 17.7 Å². The van der Waals surface area contributed by atoms with Crippen molar-refractivity contribution in [3.05, 3.63) is 65.8 Å². The van der Waals surface area contributed by atoms with Gasteiger partial charge in [-0.15, -0.1) is 5.53 Å². The Morgan fingerprint density at radius 3 is 2.74 bits per heavy atom. The van der Waals surface area contributed by atoms with Crippen molar-refractivity contribution in [3.8, 4) is 0 Å². The highest BCUT2D eigenvalue weighted by Crippen LogP contribution is 2.34. The quantitative estimate of drug-likeness (QED) is 0.372. The van der Waals surface area contributed by atoms with Crippen LogP contribution in [0.25, 0.3) is 0 Å². The standard InChI is InChI=1S/C22H31F3N6/c1-5-7-10-19-15-31(30-29-19)17(4)27-14-18(6-2)13-26-16(3)28-21-12-9-8-11-20(21)22(23,24)25/h6,8-9,11-12,14-15,17,26,28-30H,3,5,7,10,13H2,1-2,4H3/b18-6-,27-14?. The summed E-state index contributed by atoms with van der Waals surface area (Å²) in [5, 5.41) is 7.58. The maximum Gasteiger partial charge on any atom is 0.418 e. The summed E-state index contributed by atoms with van der Waals surface area (Å²) in [5.74, 6) is 0.270. The van der Waals surface area contributed by atoms with E-state index in [9.17, 15) is 13.2 Å². The molecular formula is C22H31F3N6. The van der Waals surface area contributed by atoms with Gasteiger partial charge in [0.15, 0.2) is 0 Å². The molecule has 1 aliphatic heterocycles. The van der Waals surface area contributed by atoms with Crippen molar-refractivity contribution < 1.29 is 13.2 Å². The molecule has 2 rings (SSSR count). The molecule has 0 saturated carbocycles. The Bertz CT molecular complexity index is 829. The van der Waals surface area contributed by atoms with E-state index in [1.165, 1.54) is 12.1 Å². The zero-order valence-electron chi connectivity index (χ0n) is 18.2. The third-order valence-corrected chi connectivity index (χ3v) is 4.69. The van der Waals surface area contributed by atoms with Gasteiger partial charge in [0.25, 0.3) is 0 Å². The molecule has 1 aromatic rings. The van der Waals surface area contributed by atoms with E-state index in [4.69, 9.17) is 0 Å². The summed E-state index contributed by atoms with van der Waals surface area (Å²) in [6.07, 6.45) is 4.29. The number of para-hydroxylation sites is 1. The lowest BCUT2D eigenvalue weighted by Crippen LogP contribution is -2.41. The molecule has 9 heteroatoms. The molecule has 0 aromatic heterocycles. The van der Waals surface area contributed by atoms with Crippen LogP contribution in [0.3, 0.4) is 0 Å². The van der Waals surface area contributed by atoms with Gasteiger partial charge in [-0.3, -0.25) is 10.0 Å². The van der Waals surface area contributed by atoms with E-state index in [2.05, 4.69) is 40.1 Å². The normalized spacial score (nSPS) is 15.6. The summed E-state index contributed by atoms with van der Waals surface area (Å²) in [7, 11) is 0. The van der Waals surface area contributed by atoms with E-state index in [1.807, 2.05) is 31.1 Å². The Morgan fingerprint density at radius 2 is 2.06 bits per heavy atom. The van der Waals surface area contributed by atoms with Gasteiger partial charge >= 0.3 is 6.18 Å². The third kappa shape index (κ3) is 7.67. The predicted molar refractivity (Wildman–Crippen MR) is 120 cm³/mol. The maximum absolute atomic E-state index is 13.1. The number of rotatable bonds is 11. The highest BCUT2D eigenvalue weighted by atomic mass is 19.4. The Kier molecular flexibility index (Phi) is 8.99. The fraction of sp³-hybridized carbons (Fsp3) is 0.409. The SMILES string of the molecule is C=C(NC/C(C=NC(C)N1C=C(CCCC)NN1)=C/C)Nc1ccccc1C(F)(F)F. The highest BCUT2D eigenvalue weighted by Gasteiger charge is 2.33. The number of benzene rings is 1. The van der Waals surface area contributed by atoms with E-state index < -0.39 is 11.7 Å². The summed E-state index contributed by atoms with van der Waals surface area (Å²) >= 11 is 0. The Hall–Kier alpha value is -2.94. The molecule has 1 atom stereocenters. The fourth-order valence-corrected chi connectivity index (χ4v) is 2.82. The van der Waals surface area contributed by atoms with Crippen molar-refractivity contribution in [2.45, 2.75) is 52.4 Å². The van der Waals surface area contributed by atoms with Crippen LogP contribution in [0.4, 0.5) is 18.9 Å². The second-order valence-corrected chi connectivity index (χ2v) is 7.18. The molecule has 1 heterocycles. The largest absolute Gasteiger partial charge is 0.418 e. The van der Waals surface area contributed by atoms with Crippen molar-refractivity contribution in [3.63, 3.8) is 0 Å². The summed E-state index contributed by atoms with van der Waals surface area (Å²) in [6.45, 7) is 10.1. The Balaban J connectivity index is 1.87. The van der Waals surface area contributed by atoms with Gasteiger partial charge in [0.1, 0.15) is 6.17 Å². The molecule has 1 aliphatic rings. The molecule has 0 amide bonds. The highest BCUT2D eigenvalue weighted by molar-refractivity contribution is 5.79. The molecule has 0 aliphatic carbocycles. The van der Waals surface area contributed by atoms with Crippen LogP contribution in [0.5, 0.6) is 0 Å². The topological polar surface area (TPSA) is 63.7 Å². The molecule has 1 unspecified atom stereocenters. The van der Waals surface area contributed by atoms with Gasteiger partial charge in [0, 0.05) is 24.7 Å². The number of halogens is 3. The van der Waals surface area contributed by atoms with Gasteiger partial charge < -0.3 is 16.1 Å². The molecule has 0 saturated heterocycles. The first-order valence-electron chi connectivity index (χ1n) is 10.3. The summed E-state index contributed by atoms with van der Waals surface area (Å²) < 4.78 is 39.4. The maximum atomic E-state index is 13.1. The second kappa shape index (κ2) is 11.5. The monoisotopic (exact) mass is 436 g/mol. The molecule has 4 N–H and O–H groups in total. The lowest BCUT2D eigenvalue weighted by molar-refractivity contribution is -0.136. The number of alkyl halides is 3. The number of nitrogens with zero attached hydrogens (tertiary/aromatic N) is 2. The lowest BCUT2D eigenvalue weighted by Gasteiger charge is -2.20. The van der Waals surface area contributed by atoms with Gasteiger partial charge in [-0.1, -0.05) is 38.1 Å². The van der Waals surface area contributed by atoms with E-state index in [1.54, 1.807) is 12.3 Å². The molecule has 0 spiro atoms. The van der Waals surface area contributed by atoms with Gasteiger partial charge in [0.05, 0.1) is 17.1 Å². The van der Waals surface area contributed by atoms with Crippen molar-refractivity contribution in [2.24, 2.45) is 4.99 Å². The molecule has 6 nitrogen and oxygen atoms in total. The first-order valence-corrected chi connectivity index (χ1v) is 10.3. The van der Waals surface area contributed by atoms with Crippen molar-refractivity contribution in [1.82, 2.24) is 21.3 Å². The number of hydrogen-bond donors (Lipinski definition) is 4. The van der Waals surface area contributed by atoms with Gasteiger partial charge in [-0.2, -0.15) is 13.2 Å². The molecule has 170 valence electrons. The van der Waals surface area contributed by atoms with Crippen LogP contribution in [0.2, 0.25) is 0 Å². The minimum atomic E-state index is -4.44. The first-order chi connectivity index (χ1) is 14.7. The first kappa shape index (κ1) is 24.3. The second-order valence-electron chi connectivity index (χ2n) is 7.18. The Morgan fingerprint density at radius 1 is 1.32 bits per heavy atom. The van der Waals surface area contributed by atoms with Crippen molar-refractivity contribution in [2.75, 3.05) is 11.9 Å². The molecule has 1 aromatic carbocycles. The zero-order chi connectivity index (χ0) is 22.9. The number of hydrogen-bond acceptors (Lipinski definition) is 6. The minimum absolute atomic E-state index is 0.0462. The van der Waals surface area contributed by atoms with Crippen LogP contribution < -0.4 is 21.6 Å². The predicted octanol–water partition coefficient (Wildman–Crippen LogP) is 4.90. The van der Waals surface area contributed by atoms with Crippen LogP contribution in [-0.2, 0) is 6.18 Å². The molecular weight excluding hydrogens is 405 g/mol. The number of anilines is 1. The van der Waals surface area contributed by atoms with Crippen LogP contribution in [0.1, 0.15) is 45.6 Å². The average molecular weight is 437 g/mol. The fourth-order valence-electron chi connectivity index (χ4n) is 2.82. The summed E-state index contributed by atoms with van der Waals surface area (Å²) in [4.78, 5) is 4.55. The van der Waals surface area contributed by atoms with Crippen LogP contribution in [-0.4, -0.2) is 23.9 Å². The van der Waals surface area contributed by atoms with Crippen molar-refractivity contribution >= 4 is 11.9 Å². The van der Waals surface area contributed by atoms with E-state index in [0.717, 1.165) is 36.6 Å². The third-order valence-electron chi connectivity index (χ3n) is 4.69. The molecule has 0 fully saturated rings. The van der Waals surface area contributed by atoms with Crippen LogP contribution >= 0.6 is 0 Å². The molecule has 31 heavy (non-hydrogen) atoms. The van der Waals surface area contributed by atoms with Crippen molar-refractivity contribution in [1.29, 1.82) is 0 Å². The van der Waals surface area contributed by atoms with Gasteiger partial charge in [0.2, 0.25) is 0 Å². The zero-order valence-corrected chi connectivity index (χ0v) is 18.2. The molecule has 0 bridgehead atoms. The number of unbranched alkanes of at least 4 members (excludes halogenated alkanes) is 1. The number of allylic oxidation sites excluding steroid dienone is 2. The average Bonchev–Trinajstić information content (AvgIpc) is 3.21. The number of aliphatic imine (C=N–C) groups is 1. The van der Waals surface area contributed by atoms with E-state index >= 15 is 0 Å². The van der Waals surface area contributed by atoms with Gasteiger partial charge in [-0.05, 0) is 44.4 Å². The smallest absolute Gasteiger partial charge is 0.368 e. The molecule has 0 radical (unpaired) electrons. The number of nitrogens with one attached hydrogen (secondary N) is 4. The van der Waals surface area contributed by atoms with E-state index in [0.29, 0.717) is 6.54 Å². The lowest BCUT2D eigenvalue weighted by atomic mass is 10.1. The summed E-state index contributed by atoms with van der Waals surface area (Å²) in [5.41, 5.74) is 7.43. The van der Waals surface area contributed by atoms with Gasteiger partial charge in [-0.25, -0.2) is 0 Å². The van der Waals surface area contributed by atoms with Crippen LogP contribution in [0, 0.1) is 0 Å².